The van der Waals surface area contributed by atoms with E-state index in [0.717, 1.165) is 19.5 Å². The van der Waals surface area contributed by atoms with Crippen LogP contribution in [-0.2, 0) is 0 Å². The van der Waals surface area contributed by atoms with Gasteiger partial charge in [0.25, 0.3) is 0 Å². The summed E-state index contributed by atoms with van der Waals surface area (Å²) >= 11 is 0. The highest BCUT2D eigenvalue weighted by Gasteiger charge is 2.21. The van der Waals surface area contributed by atoms with Crippen LogP contribution in [0.3, 0.4) is 0 Å². The average Bonchev–Trinajstić information content (AvgIpc) is 2.13. The van der Waals surface area contributed by atoms with Crippen molar-refractivity contribution < 1.29 is 4.39 Å². The van der Waals surface area contributed by atoms with Crippen LogP contribution in [0, 0.1) is 5.92 Å². The lowest BCUT2D eigenvalue weighted by molar-refractivity contribution is 0.264. The molecule has 0 bridgehead atoms. The summed E-state index contributed by atoms with van der Waals surface area (Å²) in [6, 6.07) is 0. The Morgan fingerprint density at radius 3 is 2.70 bits per heavy atom. The molecule has 0 aromatic rings. The molecule has 60 valence electrons. The van der Waals surface area contributed by atoms with Gasteiger partial charge in [0, 0.05) is 19.6 Å². The molecule has 0 radical (unpaired) electrons. The minimum atomic E-state index is -0.557. The van der Waals surface area contributed by atoms with E-state index < -0.39 is 6.17 Å². The van der Waals surface area contributed by atoms with Crippen molar-refractivity contribution in [2.45, 2.75) is 26.4 Å². The Labute approximate surface area is 62.2 Å². The van der Waals surface area contributed by atoms with Crippen LogP contribution in [0.15, 0.2) is 0 Å². The molecule has 1 heterocycles. The van der Waals surface area contributed by atoms with Crippen LogP contribution in [0.25, 0.3) is 0 Å². The van der Waals surface area contributed by atoms with Gasteiger partial charge in [0.15, 0.2) is 0 Å². The number of nitrogens with zero attached hydrogens (tertiary/aromatic N) is 1. The monoisotopic (exact) mass is 145 g/mol. The summed E-state index contributed by atoms with van der Waals surface area (Å²) in [7, 11) is 0. The zero-order valence-corrected chi connectivity index (χ0v) is 6.81. The van der Waals surface area contributed by atoms with Gasteiger partial charge in [-0.2, -0.15) is 0 Å². The van der Waals surface area contributed by atoms with E-state index in [2.05, 4.69) is 18.7 Å². The lowest BCUT2D eigenvalue weighted by Crippen LogP contribution is -2.25. The molecule has 1 aliphatic heterocycles. The minimum absolute atomic E-state index is 0.557. The fraction of sp³-hybridized carbons (Fsp3) is 1.00. The van der Waals surface area contributed by atoms with Gasteiger partial charge >= 0.3 is 0 Å². The molecule has 1 unspecified atom stereocenters. The lowest BCUT2D eigenvalue weighted by Gasteiger charge is -2.16. The molecule has 0 aromatic carbocycles. The summed E-state index contributed by atoms with van der Waals surface area (Å²) in [4.78, 5) is 2.20. The highest BCUT2D eigenvalue weighted by Crippen LogP contribution is 2.13. The maximum Gasteiger partial charge on any atom is 0.114 e. The molecule has 0 spiro atoms. The Bertz CT molecular complexity index is 103. The van der Waals surface area contributed by atoms with E-state index in [9.17, 15) is 4.39 Å². The standard InChI is InChI=1S/C8H16FN/c1-7(2)5-10-4-3-8(9)6-10/h7-8H,3-6H2,1-2H3. The maximum absolute atomic E-state index is 12.6. The Morgan fingerprint density at radius 1 is 1.60 bits per heavy atom. The molecule has 1 atom stereocenters. The summed E-state index contributed by atoms with van der Waals surface area (Å²) in [5.74, 6) is 0.672. The van der Waals surface area contributed by atoms with Gasteiger partial charge in [-0.3, -0.25) is 0 Å². The maximum atomic E-state index is 12.6. The molecule has 2 heteroatoms. The quantitative estimate of drug-likeness (QED) is 0.571. The van der Waals surface area contributed by atoms with Gasteiger partial charge in [-0.1, -0.05) is 13.8 Å². The normalized spacial score (nSPS) is 28.2. The van der Waals surface area contributed by atoms with Crippen LogP contribution in [0.4, 0.5) is 4.39 Å². The van der Waals surface area contributed by atoms with Crippen LogP contribution in [0.1, 0.15) is 20.3 Å². The molecule has 0 amide bonds. The van der Waals surface area contributed by atoms with Gasteiger partial charge in [0.1, 0.15) is 6.17 Å². The summed E-state index contributed by atoms with van der Waals surface area (Å²) in [6.45, 7) is 7.02. The Balaban J connectivity index is 2.18. The Kier molecular flexibility index (Phi) is 2.66. The van der Waals surface area contributed by atoms with Crippen molar-refractivity contribution >= 4 is 0 Å². The topological polar surface area (TPSA) is 3.24 Å². The molecule has 1 fully saturated rings. The number of halogens is 1. The van der Waals surface area contributed by atoms with Gasteiger partial charge in [0.05, 0.1) is 0 Å². The van der Waals surface area contributed by atoms with Crippen molar-refractivity contribution in [2.75, 3.05) is 19.6 Å². The van der Waals surface area contributed by atoms with Crippen LogP contribution in [0.5, 0.6) is 0 Å². The van der Waals surface area contributed by atoms with Crippen molar-refractivity contribution in [1.82, 2.24) is 4.90 Å². The predicted octanol–water partition coefficient (Wildman–Crippen LogP) is 1.69. The van der Waals surface area contributed by atoms with Crippen molar-refractivity contribution in [3.05, 3.63) is 0 Å². The van der Waals surface area contributed by atoms with Crippen molar-refractivity contribution in [1.29, 1.82) is 0 Å². The van der Waals surface area contributed by atoms with E-state index in [1.54, 1.807) is 0 Å². The van der Waals surface area contributed by atoms with Gasteiger partial charge < -0.3 is 4.90 Å². The first-order valence-electron chi connectivity index (χ1n) is 4.05. The van der Waals surface area contributed by atoms with Crippen molar-refractivity contribution in [2.24, 2.45) is 5.92 Å². The fourth-order valence-electron chi connectivity index (χ4n) is 1.47. The second-order valence-corrected chi connectivity index (χ2v) is 3.54. The summed E-state index contributed by atoms with van der Waals surface area (Å²) in [6.07, 6.45) is 0.186. The third kappa shape index (κ3) is 2.25. The van der Waals surface area contributed by atoms with Gasteiger partial charge in [0.2, 0.25) is 0 Å². The van der Waals surface area contributed by atoms with Gasteiger partial charge in [-0.15, -0.1) is 0 Å². The molecule has 0 N–H and O–H groups in total. The average molecular weight is 145 g/mol. The van der Waals surface area contributed by atoms with Crippen molar-refractivity contribution in [3.63, 3.8) is 0 Å². The van der Waals surface area contributed by atoms with E-state index in [4.69, 9.17) is 0 Å². The molecule has 1 aliphatic rings. The Hall–Kier alpha value is -0.110. The number of rotatable bonds is 2. The summed E-state index contributed by atoms with van der Waals surface area (Å²) < 4.78 is 12.6. The molecule has 0 aromatic heterocycles. The van der Waals surface area contributed by atoms with Crippen LogP contribution in [-0.4, -0.2) is 30.7 Å². The molecule has 10 heavy (non-hydrogen) atoms. The minimum Gasteiger partial charge on any atom is -0.300 e. The third-order valence-corrected chi connectivity index (χ3v) is 1.84. The van der Waals surface area contributed by atoms with Gasteiger partial charge in [-0.25, -0.2) is 4.39 Å². The molecule has 1 nitrogen and oxygen atoms in total. The predicted molar refractivity (Wildman–Crippen MR) is 40.8 cm³/mol. The molecule has 0 aliphatic carbocycles. The van der Waals surface area contributed by atoms with Crippen molar-refractivity contribution in [3.8, 4) is 0 Å². The zero-order valence-electron chi connectivity index (χ0n) is 6.81. The first-order valence-corrected chi connectivity index (χ1v) is 4.05. The second-order valence-electron chi connectivity index (χ2n) is 3.54. The third-order valence-electron chi connectivity index (χ3n) is 1.84. The highest BCUT2D eigenvalue weighted by atomic mass is 19.1. The first kappa shape index (κ1) is 7.99. The van der Waals surface area contributed by atoms with E-state index in [1.165, 1.54) is 0 Å². The number of hydrogen-bond acceptors (Lipinski definition) is 1. The number of likely N-dealkylation sites (tertiary alicyclic amines) is 1. The van der Waals surface area contributed by atoms with Crippen LogP contribution >= 0.6 is 0 Å². The largest absolute Gasteiger partial charge is 0.300 e. The van der Waals surface area contributed by atoms with E-state index in [-0.39, 0.29) is 0 Å². The summed E-state index contributed by atoms with van der Waals surface area (Å²) in [5.41, 5.74) is 0. The highest BCUT2D eigenvalue weighted by molar-refractivity contribution is 4.74. The Morgan fingerprint density at radius 2 is 2.30 bits per heavy atom. The van der Waals surface area contributed by atoms with E-state index >= 15 is 0 Å². The second kappa shape index (κ2) is 3.33. The molecule has 1 saturated heterocycles. The first-order chi connectivity index (χ1) is 4.68. The van der Waals surface area contributed by atoms with E-state index in [1.807, 2.05) is 0 Å². The van der Waals surface area contributed by atoms with Crippen LogP contribution < -0.4 is 0 Å². The SMILES string of the molecule is CC(C)CN1CCC(F)C1. The lowest BCUT2D eigenvalue weighted by atomic mass is 10.2. The molecule has 0 saturated carbocycles. The van der Waals surface area contributed by atoms with Crippen LogP contribution in [0.2, 0.25) is 0 Å². The number of hydrogen-bond donors (Lipinski definition) is 0. The molecular formula is C8H16FN. The molecule has 1 rings (SSSR count). The molecular weight excluding hydrogens is 129 g/mol. The summed E-state index contributed by atoms with van der Waals surface area (Å²) in [5, 5.41) is 0. The van der Waals surface area contributed by atoms with Gasteiger partial charge in [-0.05, 0) is 12.3 Å². The zero-order chi connectivity index (χ0) is 7.56. The fourth-order valence-corrected chi connectivity index (χ4v) is 1.47. The van der Waals surface area contributed by atoms with E-state index in [0.29, 0.717) is 12.5 Å². The smallest absolute Gasteiger partial charge is 0.114 e. The number of alkyl halides is 1.